The molecule has 1 saturated carbocycles. The number of hydrogen-bond acceptors (Lipinski definition) is 5. The van der Waals surface area contributed by atoms with Crippen LogP contribution in [0, 0.1) is 12.8 Å². The van der Waals surface area contributed by atoms with Gasteiger partial charge >= 0.3 is 0 Å². The maximum Gasteiger partial charge on any atom is 0.274 e. The van der Waals surface area contributed by atoms with Crippen molar-refractivity contribution < 1.29 is 4.79 Å². The molecule has 0 spiro atoms. The van der Waals surface area contributed by atoms with E-state index >= 15 is 0 Å². The van der Waals surface area contributed by atoms with Gasteiger partial charge in [-0.15, -0.1) is 5.10 Å². The second-order valence-corrected chi connectivity index (χ2v) is 7.50. The zero-order chi connectivity index (χ0) is 19.5. The van der Waals surface area contributed by atoms with Crippen LogP contribution in [0.3, 0.4) is 0 Å². The lowest BCUT2D eigenvalue weighted by molar-refractivity contribution is 0.0909. The molecular weight excluding hydrogens is 352 g/mol. The maximum atomic E-state index is 12.9. The Morgan fingerprint density at radius 2 is 2.07 bits per heavy atom. The smallest absolute Gasteiger partial charge is 0.274 e. The van der Waals surface area contributed by atoms with Crippen LogP contribution in [0.15, 0.2) is 36.5 Å². The number of carbonyl (C=O) groups is 1. The van der Waals surface area contributed by atoms with E-state index in [4.69, 9.17) is 5.73 Å². The molecule has 1 unspecified atom stereocenters. The second kappa shape index (κ2) is 8.06. The quantitative estimate of drug-likeness (QED) is 0.711. The Balaban J connectivity index is 1.60. The first-order chi connectivity index (χ1) is 13.7. The molecule has 146 valence electrons. The fourth-order valence-electron chi connectivity index (χ4n) is 4.18. The Morgan fingerprint density at radius 1 is 1.25 bits per heavy atom. The lowest BCUT2D eigenvalue weighted by Gasteiger charge is -2.29. The molecule has 0 aliphatic heterocycles. The molecule has 1 fully saturated rings. The zero-order valence-corrected chi connectivity index (χ0v) is 16.1. The minimum Gasteiger partial charge on any atom is -0.346 e. The number of aromatic nitrogens is 4. The van der Waals surface area contributed by atoms with E-state index < -0.39 is 0 Å². The predicted molar refractivity (Wildman–Crippen MR) is 108 cm³/mol. The van der Waals surface area contributed by atoms with Crippen LogP contribution in [-0.4, -0.2) is 38.5 Å². The molecule has 4 rings (SSSR count). The minimum atomic E-state index is -0.205. The molecule has 28 heavy (non-hydrogen) atoms. The molecule has 0 saturated heterocycles. The monoisotopic (exact) mass is 378 g/mol. The highest BCUT2D eigenvalue weighted by Gasteiger charge is 2.26. The summed E-state index contributed by atoms with van der Waals surface area (Å²) in [6, 6.07) is 9.71. The van der Waals surface area contributed by atoms with Crippen LogP contribution in [0.2, 0.25) is 0 Å². The van der Waals surface area contributed by atoms with Crippen molar-refractivity contribution in [3.8, 4) is 5.69 Å². The summed E-state index contributed by atoms with van der Waals surface area (Å²) in [7, 11) is 0. The van der Waals surface area contributed by atoms with E-state index in [0.717, 1.165) is 29.4 Å². The number of hydrogen-bond donors (Lipinski definition) is 2. The van der Waals surface area contributed by atoms with E-state index in [9.17, 15) is 4.79 Å². The van der Waals surface area contributed by atoms with E-state index in [2.05, 4.69) is 20.6 Å². The minimum absolute atomic E-state index is 0.0147. The molecule has 0 bridgehead atoms. The van der Waals surface area contributed by atoms with Crippen LogP contribution >= 0.6 is 0 Å². The molecule has 2 aromatic heterocycles. The summed E-state index contributed by atoms with van der Waals surface area (Å²) in [4.78, 5) is 17.3. The van der Waals surface area contributed by atoms with Gasteiger partial charge in [-0.3, -0.25) is 9.78 Å². The predicted octanol–water partition coefficient (Wildman–Crippen LogP) is 2.76. The van der Waals surface area contributed by atoms with Crippen molar-refractivity contribution in [2.75, 3.05) is 6.54 Å². The number of nitrogens with one attached hydrogen (secondary N) is 1. The Labute approximate surface area is 164 Å². The van der Waals surface area contributed by atoms with Gasteiger partial charge in [0.05, 0.1) is 16.9 Å². The van der Waals surface area contributed by atoms with Gasteiger partial charge in [0.25, 0.3) is 5.91 Å². The van der Waals surface area contributed by atoms with Gasteiger partial charge in [0.1, 0.15) is 0 Å². The lowest BCUT2D eigenvalue weighted by atomic mass is 9.84. The number of rotatable bonds is 5. The number of nitrogens with two attached hydrogens (primary N) is 1. The fourth-order valence-corrected chi connectivity index (χ4v) is 4.18. The van der Waals surface area contributed by atoms with Gasteiger partial charge in [-0.25, -0.2) is 4.68 Å². The largest absolute Gasteiger partial charge is 0.346 e. The Kier molecular flexibility index (Phi) is 5.34. The van der Waals surface area contributed by atoms with Gasteiger partial charge in [-0.2, -0.15) is 0 Å². The molecule has 1 aliphatic carbocycles. The molecule has 1 aliphatic rings. The third kappa shape index (κ3) is 3.49. The van der Waals surface area contributed by atoms with Crippen LogP contribution in [0.4, 0.5) is 0 Å². The molecule has 3 N–H and O–H groups in total. The SMILES string of the molecule is Cc1c(C(=O)NC(CN)C2CCCCC2)nnn1-c1cccc2ncccc12. The standard InChI is InChI=1S/C21H26N6O/c1-14-20(21(28)24-18(13-22)15-7-3-2-4-8-15)25-26-27(14)19-11-5-10-17-16(19)9-6-12-23-17/h5-6,9-12,15,18H,2-4,7-8,13,22H2,1H3,(H,24,28). The molecule has 1 atom stereocenters. The third-order valence-electron chi connectivity index (χ3n) is 5.75. The highest BCUT2D eigenvalue weighted by Crippen LogP contribution is 2.26. The van der Waals surface area contributed by atoms with Crippen LogP contribution in [-0.2, 0) is 0 Å². The summed E-state index contributed by atoms with van der Waals surface area (Å²) in [5.74, 6) is 0.241. The summed E-state index contributed by atoms with van der Waals surface area (Å²) in [6.45, 7) is 2.31. The van der Waals surface area contributed by atoms with Crippen molar-refractivity contribution in [3.63, 3.8) is 0 Å². The molecule has 3 aromatic rings. The Hall–Kier alpha value is -2.80. The number of pyridine rings is 1. The number of benzene rings is 1. The topological polar surface area (TPSA) is 98.7 Å². The number of nitrogens with zero attached hydrogens (tertiary/aromatic N) is 4. The third-order valence-corrected chi connectivity index (χ3v) is 5.75. The number of carbonyl (C=O) groups excluding carboxylic acids is 1. The van der Waals surface area contributed by atoms with Crippen molar-refractivity contribution in [1.29, 1.82) is 0 Å². The van der Waals surface area contributed by atoms with E-state index in [1.54, 1.807) is 10.9 Å². The van der Waals surface area contributed by atoms with Gasteiger partial charge in [0, 0.05) is 24.2 Å². The van der Waals surface area contributed by atoms with E-state index in [1.807, 2.05) is 37.3 Å². The van der Waals surface area contributed by atoms with Gasteiger partial charge in [-0.1, -0.05) is 30.5 Å². The van der Waals surface area contributed by atoms with Gasteiger partial charge in [-0.05, 0) is 49.9 Å². The molecule has 7 heteroatoms. The average Bonchev–Trinajstić information content (AvgIpc) is 3.13. The molecule has 0 radical (unpaired) electrons. The molecular formula is C21H26N6O. The van der Waals surface area contributed by atoms with E-state index in [1.165, 1.54) is 19.3 Å². The van der Waals surface area contributed by atoms with Crippen molar-refractivity contribution >= 4 is 16.8 Å². The lowest BCUT2D eigenvalue weighted by Crippen LogP contribution is -2.46. The highest BCUT2D eigenvalue weighted by molar-refractivity contribution is 5.94. The summed E-state index contributed by atoms with van der Waals surface area (Å²) < 4.78 is 1.71. The van der Waals surface area contributed by atoms with Gasteiger partial charge in [0.2, 0.25) is 0 Å². The molecule has 7 nitrogen and oxygen atoms in total. The van der Waals surface area contributed by atoms with Crippen molar-refractivity contribution in [2.45, 2.75) is 45.1 Å². The van der Waals surface area contributed by atoms with Crippen molar-refractivity contribution in [3.05, 3.63) is 47.9 Å². The first-order valence-corrected chi connectivity index (χ1v) is 9.96. The summed E-state index contributed by atoms with van der Waals surface area (Å²) in [5, 5.41) is 12.5. The molecule has 1 aromatic carbocycles. The van der Waals surface area contributed by atoms with Crippen molar-refractivity contribution in [1.82, 2.24) is 25.3 Å². The van der Waals surface area contributed by atoms with E-state index in [0.29, 0.717) is 23.9 Å². The first kappa shape index (κ1) is 18.6. The van der Waals surface area contributed by atoms with Crippen molar-refractivity contribution in [2.24, 2.45) is 11.7 Å². The Morgan fingerprint density at radius 3 is 2.86 bits per heavy atom. The first-order valence-electron chi connectivity index (χ1n) is 9.96. The van der Waals surface area contributed by atoms with Crippen LogP contribution in [0.5, 0.6) is 0 Å². The van der Waals surface area contributed by atoms with Gasteiger partial charge in [0.15, 0.2) is 5.69 Å². The summed E-state index contributed by atoms with van der Waals surface area (Å²) >= 11 is 0. The zero-order valence-electron chi connectivity index (χ0n) is 16.1. The summed E-state index contributed by atoms with van der Waals surface area (Å²) in [5.41, 5.74) is 8.74. The molecule has 2 heterocycles. The average molecular weight is 378 g/mol. The van der Waals surface area contributed by atoms with Crippen LogP contribution in [0.25, 0.3) is 16.6 Å². The summed E-state index contributed by atoms with van der Waals surface area (Å²) in [6.07, 6.45) is 7.70. The second-order valence-electron chi connectivity index (χ2n) is 7.50. The Bertz CT molecular complexity index is 971. The number of fused-ring (bicyclic) bond motifs is 1. The van der Waals surface area contributed by atoms with Crippen LogP contribution in [0.1, 0.15) is 48.3 Å². The van der Waals surface area contributed by atoms with E-state index in [-0.39, 0.29) is 11.9 Å². The van der Waals surface area contributed by atoms with Crippen LogP contribution < -0.4 is 11.1 Å². The normalized spacial score (nSPS) is 16.2. The fraction of sp³-hybridized carbons (Fsp3) is 0.429. The van der Waals surface area contributed by atoms with Gasteiger partial charge < -0.3 is 11.1 Å². The number of amides is 1. The maximum absolute atomic E-state index is 12.9. The molecule has 1 amide bonds. The highest BCUT2D eigenvalue weighted by atomic mass is 16.2.